The van der Waals surface area contributed by atoms with Crippen molar-refractivity contribution in [2.24, 2.45) is 5.73 Å². The number of rotatable bonds is 5. The highest BCUT2D eigenvalue weighted by molar-refractivity contribution is 6.02. The Hall–Kier alpha value is -1.55. The summed E-state index contributed by atoms with van der Waals surface area (Å²) in [4.78, 5) is 22.8. The van der Waals surface area contributed by atoms with E-state index < -0.39 is 5.91 Å². The van der Waals surface area contributed by atoms with Gasteiger partial charge in [-0.05, 0) is 32.0 Å². The first-order valence-electron chi connectivity index (χ1n) is 5.59. The van der Waals surface area contributed by atoms with E-state index in [0.717, 1.165) is 0 Å². The van der Waals surface area contributed by atoms with E-state index in [2.05, 4.69) is 0 Å². The fraction of sp³-hybridized carbons (Fsp3) is 0.385. The van der Waals surface area contributed by atoms with Crippen molar-refractivity contribution >= 4 is 24.1 Å². The van der Waals surface area contributed by atoms with Crippen molar-refractivity contribution in [3.63, 3.8) is 0 Å². The van der Waals surface area contributed by atoms with Crippen molar-refractivity contribution in [3.8, 4) is 5.75 Å². The first-order valence-corrected chi connectivity index (χ1v) is 5.59. The maximum Gasteiger partial charge on any atom is 0.248 e. The molecular formula is C13H18ClNO3. The smallest absolute Gasteiger partial charge is 0.248 e. The third-order valence-electron chi connectivity index (χ3n) is 2.25. The van der Waals surface area contributed by atoms with E-state index in [1.807, 2.05) is 13.8 Å². The first-order chi connectivity index (χ1) is 7.95. The molecule has 1 rings (SSSR count). The number of primary amides is 1. The molecule has 0 saturated heterocycles. The Kier molecular flexibility index (Phi) is 6.41. The van der Waals surface area contributed by atoms with Crippen LogP contribution in [0, 0.1) is 0 Å². The van der Waals surface area contributed by atoms with E-state index in [4.69, 9.17) is 10.5 Å². The Morgan fingerprint density at radius 1 is 1.33 bits per heavy atom. The molecule has 0 bridgehead atoms. The van der Waals surface area contributed by atoms with Gasteiger partial charge < -0.3 is 10.5 Å². The highest BCUT2D eigenvalue weighted by atomic mass is 35.5. The van der Waals surface area contributed by atoms with Crippen molar-refractivity contribution in [1.82, 2.24) is 0 Å². The zero-order valence-corrected chi connectivity index (χ0v) is 11.5. The van der Waals surface area contributed by atoms with E-state index in [1.54, 1.807) is 19.1 Å². The molecule has 5 heteroatoms. The minimum Gasteiger partial charge on any atom is -0.490 e. The monoisotopic (exact) mass is 271 g/mol. The largest absolute Gasteiger partial charge is 0.490 e. The Bertz CT molecular complexity index is 444. The van der Waals surface area contributed by atoms with Crippen LogP contribution in [-0.4, -0.2) is 17.8 Å². The fourth-order valence-corrected chi connectivity index (χ4v) is 1.45. The SMILES string of the molecule is CCC(=O)c1cc(C(N)=O)ccc1OC(C)C.Cl. The van der Waals surface area contributed by atoms with Crippen molar-refractivity contribution in [2.75, 3.05) is 0 Å². The number of benzene rings is 1. The van der Waals surface area contributed by atoms with Crippen LogP contribution in [0.3, 0.4) is 0 Å². The number of carbonyl (C=O) groups is 2. The topological polar surface area (TPSA) is 69.4 Å². The van der Waals surface area contributed by atoms with Crippen LogP contribution in [0.15, 0.2) is 18.2 Å². The lowest BCUT2D eigenvalue weighted by Crippen LogP contribution is -2.14. The van der Waals surface area contributed by atoms with Crippen LogP contribution < -0.4 is 10.5 Å². The molecule has 1 amide bonds. The summed E-state index contributed by atoms with van der Waals surface area (Å²) in [5.74, 6) is -0.119. The third kappa shape index (κ3) is 4.04. The van der Waals surface area contributed by atoms with Gasteiger partial charge in [0.2, 0.25) is 5.91 Å². The number of ketones is 1. The van der Waals surface area contributed by atoms with Crippen molar-refractivity contribution in [2.45, 2.75) is 33.3 Å². The second-order valence-electron chi connectivity index (χ2n) is 4.02. The molecule has 0 aliphatic rings. The minimum atomic E-state index is -0.550. The van der Waals surface area contributed by atoms with Gasteiger partial charge in [0.25, 0.3) is 0 Å². The normalized spacial score (nSPS) is 9.78. The number of carbonyl (C=O) groups excluding carboxylic acids is 2. The summed E-state index contributed by atoms with van der Waals surface area (Å²) in [5.41, 5.74) is 5.92. The van der Waals surface area contributed by atoms with E-state index in [-0.39, 0.29) is 24.3 Å². The summed E-state index contributed by atoms with van der Waals surface area (Å²) in [7, 11) is 0. The maximum atomic E-state index is 11.8. The summed E-state index contributed by atoms with van der Waals surface area (Å²) in [6.07, 6.45) is 0.328. The molecule has 2 N–H and O–H groups in total. The van der Waals surface area contributed by atoms with Crippen LogP contribution in [0.1, 0.15) is 47.9 Å². The van der Waals surface area contributed by atoms with Gasteiger partial charge in [-0.2, -0.15) is 0 Å². The summed E-state index contributed by atoms with van der Waals surface area (Å²) >= 11 is 0. The molecule has 1 aromatic rings. The van der Waals surface area contributed by atoms with Crippen LogP contribution >= 0.6 is 12.4 Å². The molecule has 0 aromatic heterocycles. The summed E-state index contributed by atoms with van der Waals surface area (Å²) in [6, 6.07) is 4.67. The molecule has 0 fully saturated rings. The lowest BCUT2D eigenvalue weighted by atomic mass is 10.0. The van der Waals surface area contributed by atoms with Crippen LogP contribution in [0.2, 0.25) is 0 Å². The predicted octanol–water partition coefficient (Wildman–Crippen LogP) is 2.59. The van der Waals surface area contributed by atoms with E-state index in [9.17, 15) is 9.59 Å². The molecule has 0 aliphatic heterocycles. The van der Waals surface area contributed by atoms with Crippen molar-refractivity contribution < 1.29 is 14.3 Å². The Balaban J connectivity index is 0.00000289. The van der Waals surface area contributed by atoms with Crippen LogP contribution in [0.25, 0.3) is 0 Å². The molecule has 100 valence electrons. The zero-order valence-electron chi connectivity index (χ0n) is 10.7. The lowest BCUT2D eigenvalue weighted by molar-refractivity contribution is 0.0982. The van der Waals surface area contributed by atoms with Crippen LogP contribution in [0.5, 0.6) is 5.75 Å². The number of amides is 1. The molecule has 1 aromatic carbocycles. The zero-order chi connectivity index (χ0) is 13.0. The Labute approximate surface area is 113 Å². The number of hydrogen-bond acceptors (Lipinski definition) is 3. The second-order valence-corrected chi connectivity index (χ2v) is 4.02. The predicted molar refractivity (Wildman–Crippen MR) is 72.6 cm³/mol. The number of hydrogen-bond donors (Lipinski definition) is 1. The number of nitrogens with two attached hydrogens (primary N) is 1. The first kappa shape index (κ1) is 16.4. The Morgan fingerprint density at radius 2 is 1.94 bits per heavy atom. The third-order valence-corrected chi connectivity index (χ3v) is 2.25. The average Bonchev–Trinajstić information content (AvgIpc) is 2.27. The van der Waals surface area contributed by atoms with Gasteiger partial charge in [0.15, 0.2) is 5.78 Å². The molecule has 0 unspecified atom stereocenters. The highest BCUT2D eigenvalue weighted by Gasteiger charge is 2.14. The molecule has 4 nitrogen and oxygen atoms in total. The summed E-state index contributed by atoms with van der Waals surface area (Å²) < 4.78 is 5.53. The van der Waals surface area contributed by atoms with Gasteiger partial charge >= 0.3 is 0 Å². The molecule has 0 atom stereocenters. The molecular weight excluding hydrogens is 254 g/mol. The maximum absolute atomic E-state index is 11.8. The quantitative estimate of drug-likeness (QED) is 0.837. The standard InChI is InChI=1S/C13H17NO3.ClH/c1-4-11(15)10-7-9(13(14)16)5-6-12(10)17-8(2)3;/h5-8H,4H2,1-3H3,(H2,14,16);1H. The van der Waals surface area contributed by atoms with Gasteiger partial charge in [-0.15, -0.1) is 12.4 Å². The van der Waals surface area contributed by atoms with Crippen molar-refractivity contribution in [1.29, 1.82) is 0 Å². The molecule has 0 radical (unpaired) electrons. The number of halogens is 1. The summed E-state index contributed by atoms with van der Waals surface area (Å²) in [6.45, 7) is 5.52. The average molecular weight is 272 g/mol. The molecule has 0 aliphatic carbocycles. The van der Waals surface area contributed by atoms with Gasteiger partial charge in [0.05, 0.1) is 11.7 Å². The lowest BCUT2D eigenvalue weighted by Gasteiger charge is -2.14. The van der Waals surface area contributed by atoms with Gasteiger partial charge in [-0.1, -0.05) is 6.92 Å². The van der Waals surface area contributed by atoms with Gasteiger partial charge in [0, 0.05) is 12.0 Å². The van der Waals surface area contributed by atoms with E-state index >= 15 is 0 Å². The molecule has 0 heterocycles. The van der Waals surface area contributed by atoms with Gasteiger partial charge in [-0.25, -0.2) is 0 Å². The van der Waals surface area contributed by atoms with Crippen molar-refractivity contribution in [3.05, 3.63) is 29.3 Å². The van der Waals surface area contributed by atoms with Gasteiger partial charge in [0.1, 0.15) is 5.75 Å². The van der Waals surface area contributed by atoms with E-state index in [0.29, 0.717) is 23.3 Å². The Morgan fingerprint density at radius 3 is 2.39 bits per heavy atom. The summed E-state index contributed by atoms with van der Waals surface area (Å²) in [5, 5.41) is 0. The fourth-order valence-electron chi connectivity index (χ4n) is 1.45. The number of ether oxygens (including phenoxy) is 1. The highest BCUT2D eigenvalue weighted by Crippen LogP contribution is 2.23. The molecule has 0 saturated carbocycles. The van der Waals surface area contributed by atoms with Crippen LogP contribution in [-0.2, 0) is 0 Å². The van der Waals surface area contributed by atoms with Crippen LogP contribution in [0.4, 0.5) is 0 Å². The van der Waals surface area contributed by atoms with E-state index in [1.165, 1.54) is 6.07 Å². The molecule has 18 heavy (non-hydrogen) atoms. The minimum absolute atomic E-state index is 0. The van der Waals surface area contributed by atoms with Gasteiger partial charge in [-0.3, -0.25) is 9.59 Å². The second kappa shape index (κ2) is 7.01. The number of Topliss-reactive ketones (excluding diaryl/α,β-unsaturated/α-hetero) is 1. The molecule has 0 spiro atoms.